The smallest absolute Gasteiger partial charge is 0.303 e. The van der Waals surface area contributed by atoms with E-state index < -0.39 is 22.2 Å². The van der Waals surface area contributed by atoms with Crippen molar-refractivity contribution in [2.45, 2.75) is 26.7 Å². The summed E-state index contributed by atoms with van der Waals surface area (Å²) in [6, 6.07) is 3.90. The van der Waals surface area contributed by atoms with Crippen LogP contribution in [0.3, 0.4) is 0 Å². The number of hydrogen-bond acceptors (Lipinski definition) is 4. The second-order valence-corrected chi connectivity index (χ2v) is 5.81. The van der Waals surface area contributed by atoms with E-state index in [4.69, 9.17) is 16.7 Å². The molecule has 0 fully saturated rings. The number of nitro benzene ring substituents is 1. The number of carbonyl (C=O) groups excluding carboxylic acids is 1. The summed E-state index contributed by atoms with van der Waals surface area (Å²) in [5.41, 5.74) is -1.04. The van der Waals surface area contributed by atoms with Crippen LogP contribution in [0.5, 0.6) is 0 Å². The summed E-state index contributed by atoms with van der Waals surface area (Å²) in [4.78, 5) is 32.9. The maximum atomic E-state index is 11.9. The molecule has 0 aliphatic rings. The van der Waals surface area contributed by atoms with Crippen LogP contribution in [0.2, 0.25) is 5.02 Å². The van der Waals surface area contributed by atoms with Gasteiger partial charge in [-0.15, -0.1) is 0 Å². The molecule has 1 rings (SSSR count). The van der Waals surface area contributed by atoms with Crippen LogP contribution in [0.15, 0.2) is 18.2 Å². The van der Waals surface area contributed by atoms with Gasteiger partial charge in [-0.2, -0.15) is 0 Å². The van der Waals surface area contributed by atoms with E-state index >= 15 is 0 Å². The Labute approximate surface area is 126 Å². The zero-order valence-corrected chi connectivity index (χ0v) is 12.3. The van der Waals surface area contributed by atoms with Crippen molar-refractivity contribution in [2.24, 2.45) is 5.41 Å². The van der Waals surface area contributed by atoms with E-state index in [1.54, 1.807) is 13.8 Å². The first-order valence-electron chi connectivity index (χ1n) is 6.06. The topological polar surface area (TPSA) is 110 Å². The van der Waals surface area contributed by atoms with Crippen LogP contribution in [0.1, 0.15) is 26.7 Å². The minimum atomic E-state index is -1.01. The second kappa shape index (κ2) is 6.53. The van der Waals surface area contributed by atoms with Crippen LogP contribution >= 0.6 is 11.6 Å². The Morgan fingerprint density at radius 3 is 2.52 bits per heavy atom. The van der Waals surface area contributed by atoms with E-state index in [1.807, 2.05) is 0 Å². The van der Waals surface area contributed by atoms with E-state index in [9.17, 15) is 19.7 Å². The molecule has 0 aromatic heterocycles. The molecule has 0 atom stereocenters. The van der Waals surface area contributed by atoms with Crippen molar-refractivity contribution in [3.05, 3.63) is 33.3 Å². The fourth-order valence-corrected chi connectivity index (χ4v) is 2.03. The Morgan fingerprint density at radius 2 is 2.00 bits per heavy atom. The standard InChI is InChI=1S/C13H15ClN2O5/c1-13(2,7-12(18)19)6-11(17)15-9-4-3-8(14)5-10(9)16(20)21/h3-5H,6-7H2,1-2H3,(H,15,17)(H,18,19). The lowest BCUT2D eigenvalue weighted by Gasteiger charge is -2.21. The molecule has 0 aliphatic carbocycles. The third kappa shape index (κ3) is 5.39. The number of carboxylic acids is 1. The maximum Gasteiger partial charge on any atom is 0.303 e. The molecule has 0 saturated carbocycles. The molecule has 0 saturated heterocycles. The first-order valence-corrected chi connectivity index (χ1v) is 6.44. The number of carbonyl (C=O) groups is 2. The van der Waals surface area contributed by atoms with Gasteiger partial charge >= 0.3 is 5.97 Å². The van der Waals surface area contributed by atoms with Gasteiger partial charge in [0.05, 0.1) is 11.3 Å². The summed E-state index contributed by atoms with van der Waals surface area (Å²) < 4.78 is 0. The molecule has 0 bridgehead atoms. The van der Waals surface area contributed by atoms with Crippen molar-refractivity contribution in [1.29, 1.82) is 0 Å². The number of carboxylic acid groups (broad SMARTS) is 1. The summed E-state index contributed by atoms with van der Waals surface area (Å²) in [6.45, 7) is 3.27. The van der Waals surface area contributed by atoms with Gasteiger partial charge in [-0.05, 0) is 17.5 Å². The molecule has 0 heterocycles. The molecular formula is C13H15ClN2O5. The fraction of sp³-hybridized carbons (Fsp3) is 0.385. The highest BCUT2D eigenvalue weighted by Crippen LogP contribution is 2.30. The molecule has 0 radical (unpaired) electrons. The summed E-state index contributed by atoms with van der Waals surface area (Å²) in [5.74, 6) is -1.50. The van der Waals surface area contributed by atoms with Gasteiger partial charge < -0.3 is 10.4 Å². The normalized spacial score (nSPS) is 11.0. The molecule has 1 aromatic carbocycles. The Bertz CT molecular complexity index is 586. The van der Waals surface area contributed by atoms with Gasteiger partial charge in [-0.1, -0.05) is 25.4 Å². The molecule has 21 heavy (non-hydrogen) atoms. The largest absolute Gasteiger partial charge is 0.481 e. The zero-order valence-electron chi connectivity index (χ0n) is 11.6. The number of benzene rings is 1. The second-order valence-electron chi connectivity index (χ2n) is 5.38. The van der Waals surface area contributed by atoms with Crippen molar-refractivity contribution in [3.8, 4) is 0 Å². The highest BCUT2D eigenvalue weighted by atomic mass is 35.5. The van der Waals surface area contributed by atoms with Crippen molar-refractivity contribution in [2.75, 3.05) is 5.32 Å². The molecule has 2 N–H and O–H groups in total. The van der Waals surface area contributed by atoms with Crippen molar-refractivity contribution < 1.29 is 19.6 Å². The highest BCUT2D eigenvalue weighted by Gasteiger charge is 2.26. The Kier molecular flexibility index (Phi) is 5.26. The lowest BCUT2D eigenvalue weighted by atomic mass is 9.85. The molecule has 1 amide bonds. The van der Waals surface area contributed by atoms with Gasteiger partial charge in [0, 0.05) is 17.5 Å². The average Bonchev–Trinajstić information content (AvgIpc) is 2.28. The van der Waals surface area contributed by atoms with Crippen molar-refractivity contribution in [1.82, 2.24) is 0 Å². The van der Waals surface area contributed by atoms with E-state index in [1.165, 1.54) is 12.1 Å². The fourth-order valence-electron chi connectivity index (χ4n) is 1.86. The van der Waals surface area contributed by atoms with E-state index in [-0.39, 0.29) is 29.2 Å². The highest BCUT2D eigenvalue weighted by molar-refractivity contribution is 6.31. The van der Waals surface area contributed by atoms with Crippen LogP contribution in [0, 0.1) is 15.5 Å². The lowest BCUT2D eigenvalue weighted by Crippen LogP contribution is -2.25. The van der Waals surface area contributed by atoms with Crippen LogP contribution in [0.4, 0.5) is 11.4 Å². The number of nitrogens with zero attached hydrogens (tertiary/aromatic N) is 1. The lowest BCUT2D eigenvalue weighted by molar-refractivity contribution is -0.383. The predicted octanol–water partition coefficient (Wildman–Crippen LogP) is 3.08. The van der Waals surface area contributed by atoms with Crippen LogP contribution < -0.4 is 5.32 Å². The number of anilines is 1. The Balaban J connectivity index is 2.84. The summed E-state index contributed by atoms with van der Waals surface area (Å²) in [5, 5.41) is 22.3. The maximum absolute atomic E-state index is 11.9. The molecule has 0 aliphatic heterocycles. The number of halogens is 1. The number of hydrogen-bond donors (Lipinski definition) is 2. The molecule has 0 spiro atoms. The number of nitrogens with one attached hydrogen (secondary N) is 1. The summed E-state index contributed by atoms with van der Waals surface area (Å²) in [6.07, 6.45) is -0.248. The molecule has 114 valence electrons. The van der Waals surface area contributed by atoms with E-state index in [0.29, 0.717) is 0 Å². The molecule has 7 nitrogen and oxygen atoms in total. The van der Waals surface area contributed by atoms with Gasteiger partial charge in [0.25, 0.3) is 5.69 Å². The Hall–Kier alpha value is -2.15. The minimum Gasteiger partial charge on any atom is -0.481 e. The molecular weight excluding hydrogens is 300 g/mol. The van der Waals surface area contributed by atoms with Crippen molar-refractivity contribution >= 4 is 34.9 Å². The van der Waals surface area contributed by atoms with Gasteiger partial charge in [-0.25, -0.2) is 0 Å². The van der Waals surface area contributed by atoms with E-state index in [0.717, 1.165) is 6.07 Å². The van der Waals surface area contributed by atoms with Gasteiger partial charge in [0.15, 0.2) is 0 Å². The third-order valence-electron chi connectivity index (χ3n) is 2.70. The van der Waals surface area contributed by atoms with Crippen LogP contribution in [-0.2, 0) is 9.59 Å². The van der Waals surface area contributed by atoms with Gasteiger partial charge in [0.2, 0.25) is 5.91 Å². The third-order valence-corrected chi connectivity index (χ3v) is 2.93. The molecule has 8 heteroatoms. The minimum absolute atomic E-state index is 0.0283. The number of nitro groups is 1. The molecule has 0 unspecified atom stereocenters. The predicted molar refractivity (Wildman–Crippen MR) is 77.4 cm³/mol. The first-order chi connectivity index (χ1) is 9.60. The van der Waals surface area contributed by atoms with E-state index in [2.05, 4.69) is 5.32 Å². The number of aliphatic carboxylic acids is 1. The van der Waals surface area contributed by atoms with Gasteiger partial charge in [-0.3, -0.25) is 19.7 Å². The quantitative estimate of drug-likeness (QED) is 0.619. The Morgan fingerprint density at radius 1 is 1.38 bits per heavy atom. The average molecular weight is 315 g/mol. The SMILES string of the molecule is CC(C)(CC(=O)O)CC(=O)Nc1ccc(Cl)cc1[N+](=O)[O-]. The van der Waals surface area contributed by atoms with Gasteiger partial charge in [0.1, 0.15) is 5.69 Å². The number of amides is 1. The summed E-state index contributed by atoms with van der Waals surface area (Å²) >= 11 is 5.68. The summed E-state index contributed by atoms with van der Waals surface area (Å²) in [7, 11) is 0. The van der Waals surface area contributed by atoms with Crippen LogP contribution in [0.25, 0.3) is 0 Å². The van der Waals surface area contributed by atoms with Crippen molar-refractivity contribution in [3.63, 3.8) is 0 Å². The molecule has 1 aromatic rings. The first kappa shape index (κ1) is 16.9. The number of rotatable bonds is 6. The zero-order chi connectivity index (χ0) is 16.2. The monoisotopic (exact) mass is 314 g/mol. The van der Waals surface area contributed by atoms with Crippen LogP contribution in [-0.4, -0.2) is 21.9 Å².